The SMILES string of the molecule is NC(=O)[C@]12CCCN1C(=O)N(c1ccc(N3CCCCC3=O)cc1)C2. The number of carbonyl (C=O) groups is 3. The summed E-state index contributed by atoms with van der Waals surface area (Å²) in [6.07, 6.45) is 3.96. The molecule has 0 bridgehead atoms. The Morgan fingerprint density at radius 1 is 0.960 bits per heavy atom. The number of anilines is 2. The van der Waals surface area contributed by atoms with E-state index in [4.69, 9.17) is 5.73 Å². The van der Waals surface area contributed by atoms with Crippen molar-refractivity contribution in [2.24, 2.45) is 5.73 Å². The standard InChI is InChI=1S/C18H22N4O3/c19-16(24)18-9-3-11-22(18)17(25)21(12-18)14-7-5-13(6-8-14)20-10-2-1-4-15(20)23/h5-8H,1-4,9-12H2,(H2,19,24)/t18-/m1/s1. The molecule has 0 unspecified atom stereocenters. The molecule has 7 nitrogen and oxygen atoms in total. The summed E-state index contributed by atoms with van der Waals surface area (Å²) in [4.78, 5) is 41.8. The molecule has 132 valence electrons. The van der Waals surface area contributed by atoms with Crippen LogP contribution in [0.2, 0.25) is 0 Å². The van der Waals surface area contributed by atoms with Gasteiger partial charge in [-0.3, -0.25) is 14.5 Å². The molecule has 7 heteroatoms. The van der Waals surface area contributed by atoms with E-state index in [0.29, 0.717) is 25.9 Å². The van der Waals surface area contributed by atoms with Crippen LogP contribution in [0.4, 0.5) is 16.2 Å². The lowest BCUT2D eigenvalue weighted by Crippen LogP contribution is -2.52. The smallest absolute Gasteiger partial charge is 0.325 e. The Labute approximate surface area is 146 Å². The number of amides is 4. The molecule has 4 rings (SSSR count). The number of primary amides is 1. The van der Waals surface area contributed by atoms with Gasteiger partial charge in [0.05, 0.1) is 6.54 Å². The zero-order valence-corrected chi connectivity index (χ0v) is 14.1. The molecule has 2 N–H and O–H groups in total. The van der Waals surface area contributed by atoms with Crippen LogP contribution in [0.3, 0.4) is 0 Å². The summed E-state index contributed by atoms with van der Waals surface area (Å²) in [5.74, 6) is -0.291. The van der Waals surface area contributed by atoms with Gasteiger partial charge in [-0.2, -0.15) is 0 Å². The largest absolute Gasteiger partial charge is 0.368 e. The highest BCUT2D eigenvalue weighted by molar-refractivity contribution is 6.03. The first kappa shape index (κ1) is 15.9. The molecular weight excluding hydrogens is 320 g/mol. The second kappa shape index (κ2) is 5.75. The molecule has 3 fully saturated rings. The van der Waals surface area contributed by atoms with Crippen LogP contribution in [0.15, 0.2) is 24.3 Å². The predicted molar refractivity (Wildman–Crippen MR) is 93.3 cm³/mol. The van der Waals surface area contributed by atoms with Crippen molar-refractivity contribution in [2.45, 2.75) is 37.6 Å². The van der Waals surface area contributed by atoms with Crippen LogP contribution in [0.25, 0.3) is 0 Å². The number of nitrogens with two attached hydrogens (primary N) is 1. The Bertz CT molecular complexity index is 732. The zero-order chi connectivity index (χ0) is 17.6. The number of rotatable bonds is 3. The van der Waals surface area contributed by atoms with Crippen molar-refractivity contribution in [3.05, 3.63) is 24.3 Å². The molecule has 0 spiro atoms. The number of urea groups is 1. The summed E-state index contributed by atoms with van der Waals surface area (Å²) in [7, 11) is 0. The third-order valence-corrected chi connectivity index (χ3v) is 5.63. The molecule has 0 radical (unpaired) electrons. The van der Waals surface area contributed by atoms with E-state index >= 15 is 0 Å². The average molecular weight is 342 g/mol. The first-order valence-electron chi connectivity index (χ1n) is 8.82. The third-order valence-electron chi connectivity index (χ3n) is 5.63. The molecule has 3 saturated heterocycles. The lowest BCUT2D eigenvalue weighted by atomic mass is 9.96. The van der Waals surface area contributed by atoms with Gasteiger partial charge in [0.15, 0.2) is 0 Å². The molecule has 0 aliphatic carbocycles. The van der Waals surface area contributed by atoms with E-state index < -0.39 is 11.4 Å². The van der Waals surface area contributed by atoms with Crippen LogP contribution in [0.5, 0.6) is 0 Å². The van der Waals surface area contributed by atoms with Gasteiger partial charge >= 0.3 is 6.03 Å². The highest BCUT2D eigenvalue weighted by Crippen LogP contribution is 2.39. The second-order valence-corrected chi connectivity index (χ2v) is 7.04. The molecule has 0 saturated carbocycles. The van der Waals surface area contributed by atoms with E-state index in [9.17, 15) is 14.4 Å². The van der Waals surface area contributed by atoms with Gasteiger partial charge < -0.3 is 15.5 Å². The Morgan fingerprint density at radius 2 is 1.64 bits per heavy atom. The molecule has 1 aromatic carbocycles. The molecule has 25 heavy (non-hydrogen) atoms. The van der Waals surface area contributed by atoms with Crippen molar-refractivity contribution in [2.75, 3.05) is 29.4 Å². The van der Waals surface area contributed by atoms with Gasteiger partial charge in [-0.05, 0) is 49.9 Å². The van der Waals surface area contributed by atoms with Crippen molar-refractivity contribution in [3.63, 3.8) is 0 Å². The molecule has 1 atom stereocenters. The average Bonchev–Trinajstić information content (AvgIpc) is 3.15. The van der Waals surface area contributed by atoms with Crippen molar-refractivity contribution in [3.8, 4) is 0 Å². The van der Waals surface area contributed by atoms with Gasteiger partial charge in [0.2, 0.25) is 11.8 Å². The molecule has 3 aliphatic rings. The molecule has 0 aromatic heterocycles. The van der Waals surface area contributed by atoms with E-state index in [1.807, 2.05) is 24.3 Å². The van der Waals surface area contributed by atoms with Crippen LogP contribution in [0.1, 0.15) is 32.1 Å². The van der Waals surface area contributed by atoms with Crippen LogP contribution in [-0.2, 0) is 9.59 Å². The molecular formula is C18H22N4O3. The minimum atomic E-state index is -0.876. The van der Waals surface area contributed by atoms with Gasteiger partial charge in [-0.15, -0.1) is 0 Å². The minimum Gasteiger partial charge on any atom is -0.368 e. The number of carbonyl (C=O) groups excluding carboxylic acids is 3. The van der Waals surface area contributed by atoms with Gasteiger partial charge in [0.1, 0.15) is 5.54 Å². The predicted octanol–water partition coefficient (Wildman–Crippen LogP) is 1.46. The summed E-state index contributed by atoms with van der Waals surface area (Å²) < 4.78 is 0. The Hall–Kier alpha value is -2.57. The van der Waals surface area contributed by atoms with E-state index in [-0.39, 0.29) is 11.9 Å². The van der Waals surface area contributed by atoms with Crippen molar-refractivity contribution < 1.29 is 14.4 Å². The first-order chi connectivity index (χ1) is 12.0. The van der Waals surface area contributed by atoms with Gasteiger partial charge in [0.25, 0.3) is 0 Å². The maximum atomic E-state index is 12.7. The minimum absolute atomic E-state index is 0.143. The Kier molecular flexibility index (Phi) is 3.67. The topological polar surface area (TPSA) is 86.9 Å². The number of benzene rings is 1. The fourth-order valence-corrected chi connectivity index (χ4v) is 4.22. The van der Waals surface area contributed by atoms with Crippen LogP contribution in [-0.4, -0.2) is 47.9 Å². The van der Waals surface area contributed by atoms with Crippen molar-refractivity contribution >= 4 is 29.2 Å². The lowest BCUT2D eigenvalue weighted by molar-refractivity contribution is -0.125. The first-order valence-corrected chi connectivity index (χ1v) is 8.82. The molecule has 1 aromatic rings. The Balaban J connectivity index is 1.58. The van der Waals surface area contributed by atoms with Crippen LogP contribution >= 0.6 is 0 Å². The van der Waals surface area contributed by atoms with Crippen molar-refractivity contribution in [1.82, 2.24) is 4.90 Å². The van der Waals surface area contributed by atoms with Crippen LogP contribution < -0.4 is 15.5 Å². The molecule has 3 aliphatic heterocycles. The monoisotopic (exact) mass is 342 g/mol. The highest BCUT2D eigenvalue weighted by Gasteiger charge is 2.56. The third kappa shape index (κ3) is 2.37. The summed E-state index contributed by atoms with van der Waals surface area (Å²) >= 11 is 0. The van der Waals surface area contributed by atoms with Crippen molar-refractivity contribution in [1.29, 1.82) is 0 Å². The molecule has 3 heterocycles. The zero-order valence-electron chi connectivity index (χ0n) is 14.1. The van der Waals surface area contributed by atoms with Gasteiger partial charge in [-0.25, -0.2) is 4.79 Å². The molecule has 4 amide bonds. The number of hydrogen-bond donors (Lipinski definition) is 1. The maximum Gasteiger partial charge on any atom is 0.325 e. The van der Waals surface area contributed by atoms with Crippen LogP contribution in [0, 0.1) is 0 Å². The highest BCUT2D eigenvalue weighted by atomic mass is 16.2. The van der Waals surface area contributed by atoms with Gasteiger partial charge in [-0.1, -0.05) is 0 Å². The quantitative estimate of drug-likeness (QED) is 0.902. The summed E-state index contributed by atoms with van der Waals surface area (Å²) in [6.45, 7) is 1.60. The maximum absolute atomic E-state index is 12.7. The number of hydrogen-bond acceptors (Lipinski definition) is 3. The summed E-state index contributed by atoms with van der Waals surface area (Å²) in [5.41, 5.74) is 6.31. The lowest BCUT2D eigenvalue weighted by Gasteiger charge is -2.27. The summed E-state index contributed by atoms with van der Waals surface area (Å²) in [6, 6.07) is 7.24. The number of nitrogens with zero attached hydrogens (tertiary/aromatic N) is 3. The number of fused-ring (bicyclic) bond motifs is 1. The Morgan fingerprint density at radius 3 is 2.24 bits per heavy atom. The fourth-order valence-electron chi connectivity index (χ4n) is 4.22. The van der Waals surface area contributed by atoms with E-state index in [1.54, 1.807) is 14.7 Å². The summed E-state index contributed by atoms with van der Waals surface area (Å²) in [5, 5.41) is 0. The normalized spacial score (nSPS) is 26.3. The number of piperidine rings is 1. The van der Waals surface area contributed by atoms with Gasteiger partial charge in [0, 0.05) is 30.9 Å². The van der Waals surface area contributed by atoms with E-state index in [0.717, 1.165) is 37.2 Å². The van der Waals surface area contributed by atoms with E-state index in [1.165, 1.54) is 0 Å². The fraction of sp³-hybridized carbons (Fsp3) is 0.500. The van der Waals surface area contributed by atoms with E-state index in [2.05, 4.69) is 0 Å². The second-order valence-electron chi connectivity index (χ2n) is 7.04.